The number of anilines is 1. The predicted molar refractivity (Wildman–Crippen MR) is 79.5 cm³/mol. The number of halogens is 1. The zero-order valence-electron chi connectivity index (χ0n) is 12.0. The molecule has 110 valence electrons. The first-order valence-corrected chi connectivity index (χ1v) is 7.19. The van der Waals surface area contributed by atoms with Crippen molar-refractivity contribution >= 4 is 23.3 Å². The van der Waals surface area contributed by atoms with Crippen LogP contribution in [0.5, 0.6) is 0 Å². The molecule has 2 rings (SSSR count). The fraction of sp³-hybridized carbons (Fsp3) is 0.571. The first-order valence-electron chi connectivity index (χ1n) is 6.81. The summed E-state index contributed by atoms with van der Waals surface area (Å²) in [4.78, 5) is 17.8. The minimum Gasteiger partial charge on any atom is -0.464 e. The van der Waals surface area contributed by atoms with Gasteiger partial charge in [0.05, 0.1) is 12.8 Å². The van der Waals surface area contributed by atoms with Crippen LogP contribution >= 0.6 is 11.6 Å². The number of nitrogens with one attached hydrogen (secondary N) is 1. The van der Waals surface area contributed by atoms with Crippen molar-refractivity contribution in [3.63, 3.8) is 0 Å². The molecule has 0 radical (unpaired) electrons. The van der Waals surface area contributed by atoms with Crippen LogP contribution in [0, 0.1) is 0 Å². The summed E-state index contributed by atoms with van der Waals surface area (Å²) in [5.41, 5.74) is 1.10. The number of pyridine rings is 1. The van der Waals surface area contributed by atoms with Crippen molar-refractivity contribution in [2.75, 3.05) is 25.1 Å². The number of nitrogens with zero attached hydrogens (tertiary/aromatic N) is 2. The van der Waals surface area contributed by atoms with Crippen molar-refractivity contribution in [1.82, 2.24) is 10.3 Å². The van der Waals surface area contributed by atoms with Crippen LogP contribution in [0.3, 0.4) is 0 Å². The maximum absolute atomic E-state index is 11.4. The molecule has 1 saturated heterocycles. The summed E-state index contributed by atoms with van der Waals surface area (Å²) in [6.07, 6.45) is 1.06. The third-order valence-electron chi connectivity index (χ3n) is 3.68. The SMILES string of the molecule is CC[C@H]1CN(c2ccc(C(=O)OC)nc2Cl)[C@H](C)CN1. The quantitative estimate of drug-likeness (QED) is 0.684. The average molecular weight is 298 g/mol. The normalized spacial score (nSPS) is 22.7. The Labute approximate surface area is 124 Å². The molecule has 1 fully saturated rings. The molecule has 6 heteroatoms. The minimum atomic E-state index is -0.474. The van der Waals surface area contributed by atoms with Gasteiger partial charge in [0.2, 0.25) is 0 Å². The number of carbonyl (C=O) groups is 1. The topological polar surface area (TPSA) is 54.5 Å². The van der Waals surface area contributed by atoms with Crippen LogP contribution in [0.4, 0.5) is 5.69 Å². The highest BCUT2D eigenvalue weighted by atomic mass is 35.5. The van der Waals surface area contributed by atoms with E-state index in [4.69, 9.17) is 11.6 Å². The van der Waals surface area contributed by atoms with E-state index in [1.807, 2.05) is 6.07 Å². The van der Waals surface area contributed by atoms with Gasteiger partial charge in [-0.25, -0.2) is 9.78 Å². The Morgan fingerprint density at radius 2 is 2.35 bits per heavy atom. The summed E-state index contributed by atoms with van der Waals surface area (Å²) in [6.45, 7) is 6.10. The van der Waals surface area contributed by atoms with Crippen LogP contribution in [0.1, 0.15) is 30.8 Å². The highest BCUT2D eigenvalue weighted by Crippen LogP contribution is 2.27. The van der Waals surface area contributed by atoms with E-state index in [0.29, 0.717) is 17.2 Å². The second-order valence-electron chi connectivity index (χ2n) is 5.01. The number of carbonyl (C=O) groups excluding carboxylic acids is 1. The van der Waals surface area contributed by atoms with Crippen molar-refractivity contribution in [2.24, 2.45) is 0 Å². The van der Waals surface area contributed by atoms with Crippen LogP contribution in [0.25, 0.3) is 0 Å². The number of hydrogen-bond donors (Lipinski definition) is 1. The number of ether oxygens (including phenoxy) is 1. The first-order chi connectivity index (χ1) is 9.56. The van der Waals surface area contributed by atoms with E-state index in [-0.39, 0.29) is 5.69 Å². The van der Waals surface area contributed by atoms with E-state index >= 15 is 0 Å². The van der Waals surface area contributed by atoms with Gasteiger partial charge < -0.3 is 15.0 Å². The zero-order chi connectivity index (χ0) is 14.7. The smallest absolute Gasteiger partial charge is 0.356 e. The monoisotopic (exact) mass is 297 g/mol. The third kappa shape index (κ3) is 3.04. The molecule has 0 amide bonds. The highest BCUT2D eigenvalue weighted by molar-refractivity contribution is 6.32. The molecule has 0 unspecified atom stereocenters. The molecule has 0 bridgehead atoms. The lowest BCUT2D eigenvalue weighted by atomic mass is 10.1. The molecule has 1 aliphatic rings. The van der Waals surface area contributed by atoms with E-state index in [2.05, 4.69) is 33.8 Å². The summed E-state index contributed by atoms with van der Waals surface area (Å²) in [5, 5.41) is 3.84. The van der Waals surface area contributed by atoms with Crippen LogP contribution in [-0.4, -0.2) is 43.2 Å². The number of rotatable bonds is 3. The fourth-order valence-electron chi connectivity index (χ4n) is 2.40. The Hall–Kier alpha value is -1.33. The first kappa shape index (κ1) is 15.1. The molecular weight excluding hydrogens is 278 g/mol. The maximum Gasteiger partial charge on any atom is 0.356 e. The van der Waals surface area contributed by atoms with E-state index in [9.17, 15) is 4.79 Å². The molecule has 1 N–H and O–H groups in total. The van der Waals surface area contributed by atoms with Crippen LogP contribution in [0.2, 0.25) is 5.15 Å². The Balaban J connectivity index is 2.25. The number of piperazine rings is 1. The Morgan fingerprint density at radius 1 is 1.60 bits per heavy atom. The standard InChI is InChI=1S/C14H20ClN3O2/c1-4-10-8-18(9(2)7-16-10)12-6-5-11(14(19)20-3)17-13(12)15/h5-6,9-10,16H,4,7-8H2,1-3H3/t9-,10+/m1/s1. The lowest BCUT2D eigenvalue weighted by Crippen LogP contribution is -2.55. The van der Waals surface area contributed by atoms with Gasteiger partial charge >= 0.3 is 5.97 Å². The predicted octanol–water partition coefficient (Wildman–Crippen LogP) is 2.10. The van der Waals surface area contributed by atoms with E-state index in [1.165, 1.54) is 7.11 Å². The molecule has 20 heavy (non-hydrogen) atoms. The minimum absolute atomic E-state index is 0.232. The van der Waals surface area contributed by atoms with Crippen LogP contribution in [0.15, 0.2) is 12.1 Å². The van der Waals surface area contributed by atoms with Gasteiger partial charge in [0, 0.05) is 25.2 Å². The van der Waals surface area contributed by atoms with Gasteiger partial charge in [0.15, 0.2) is 5.15 Å². The molecule has 0 saturated carbocycles. The second kappa shape index (κ2) is 6.41. The lowest BCUT2D eigenvalue weighted by Gasteiger charge is -2.40. The maximum atomic E-state index is 11.4. The summed E-state index contributed by atoms with van der Waals surface area (Å²) >= 11 is 6.24. The lowest BCUT2D eigenvalue weighted by molar-refractivity contribution is 0.0594. The van der Waals surface area contributed by atoms with Crippen molar-refractivity contribution in [2.45, 2.75) is 32.4 Å². The molecular formula is C14H20ClN3O2. The van der Waals surface area contributed by atoms with Crippen molar-refractivity contribution < 1.29 is 9.53 Å². The number of hydrogen-bond acceptors (Lipinski definition) is 5. The fourth-order valence-corrected chi connectivity index (χ4v) is 2.66. The largest absolute Gasteiger partial charge is 0.464 e. The molecule has 2 atom stereocenters. The van der Waals surface area contributed by atoms with E-state index < -0.39 is 5.97 Å². The summed E-state index contributed by atoms with van der Waals surface area (Å²) in [5.74, 6) is -0.474. The number of aromatic nitrogens is 1. The zero-order valence-corrected chi connectivity index (χ0v) is 12.8. The number of methoxy groups -OCH3 is 1. The molecule has 1 aliphatic heterocycles. The molecule has 1 aromatic heterocycles. The van der Waals surface area contributed by atoms with Gasteiger partial charge in [-0.3, -0.25) is 0 Å². The van der Waals surface area contributed by atoms with Gasteiger partial charge in [-0.05, 0) is 25.5 Å². The summed E-state index contributed by atoms with van der Waals surface area (Å²) in [7, 11) is 1.33. The van der Waals surface area contributed by atoms with E-state index in [1.54, 1.807) is 6.07 Å². The van der Waals surface area contributed by atoms with Gasteiger partial charge in [-0.15, -0.1) is 0 Å². The van der Waals surface area contributed by atoms with Crippen molar-refractivity contribution in [3.05, 3.63) is 23.0 Å². The Morgan fingerprint density at radius 3 is 2.95 bits per heavy atom. The Kier molecular flexibility index (Phi) is 4.83. The molecule has 1 aromatic rings. The van der Waals surface area contributed by atoms with Crippen molar-refractivity contribution in [1.29, 1.82) is 0 Å². The summed E-state index contributed by atoms with van der Waals surface area (Å²) in [6, 6.07) is 4.28. The molecule has 2 heterocycles. The van der Waals surface area contributed by atoms with Gasteiger partial charge in [-0.2, -0.15) is 0 Å². The molecule has 5 nitrogen and oxygen atoms in total. The Bertz CT molecular complexity index is 495. The van der Waals surface area contributed by atoms with Gasteiger partial charge in [-0.1, -0.05) is 18.5 Å². The number of esters is 1. The highest BCUT2D eigenvalue weighted by Gasteiger charge is 2.26. The van der Waals surface area contributed by atoms with Gasteiger partial charge in [0.1, 0.15) is 5.69 Å². The van der Waals surface area contributed by atoms with Crippen LogP contribution < -0.4 is 10.2 Å². The van der Waals surface area contributed by atoms with Crippen molar-refractivity contribution in [3.8, 4) is 0 Å². The average Bonchev–Trinajstić information content (AvgIpc) is 2.47. The third-order valence-corrected chi connectivity index (χ3v) is 3.96. The molecule has 0 spiro atoms. The van der Waals surface area contributed by atoms with Gasteiger partial charge in [0.25, 0.3) is 0 Å². The summed E-state index contributed by atoms with van der Waals surface area (Å²) < 4.78 is 4.65. The molecule has 0 aromatic carbocycles. The second-order valence-corrected chi connectivity index (χ2v) is 5.37. The van der Waals surface area contributed by atoms with Crippen LogP contribution in [-0.2, 0) is 4.74 Å². The molecule has 0 aliphatic carbocycles. The van der Waals surface area contributed by atoms with E-state index in [0.717, 1.165) is 25.2 Å².